The molecular formula is C17H14FN3O2S. The number of rotatable bonds is 2. The SMILES string of the molecule is Cc1[nH]nc2c1[C@@H](c1ccc(-c3ccc(F)cc3)o1)SCC(=O)N2. The second-order valence-corrected chi connectivity index (χ2v) is 6.65. The summed E-state index contributed by atoms with van der Waals surface area (Å²) < 4.78 is 19.1. The average Bonchev–Trinajstić information content (AvgIpc) is 3.14. The average molecular weight is 343 g/mol. The van der Waals surface area contributed by atoms with Crippen molar-refractivity contribution in [3.8, 4) is 11.3 Å². The number of aromatic amines is 1. The van der Waals surface area contributed by atoms with E-state index < -0.39 is 0 Å². The Morgan fingerprint density at radius 2 is 2.04 bits per heavy atom. The number of halogens is 1. The van der Waals surface area contributed by atoms with E-state index in [-0.39, 0.29) is 17.0 Å². The van der Waals surface area contributed by atoms with E-state index in [1.807, 2.05) is 19.1 Å². The zero-order valence-corrected chi connectivity index (χ0v) is 13.6. The fraction of sp³-hybridized carbons (Fsp3) is 0.176. The smallest absolute Gasteiger partial charge is 0.235 e. The number of anilines is 1. The summed E-state index contributed by atoms with van der Waals surface area (Å²) in [5, 5.41) is 9.74. The van der Waals surface area contributed by atoms with E-state index in [1.165, 1.54) is 23.9 Å². The normalized spacial score (nSPS) is 17.2. The van der Waals surface area contributed by atoms with Gasteiger partial charge in [-0.25, -0.2) is 4.39 Å². The van der Waals surface area contributed by atoms with Crippen molar-refractivity contribution in [2.24, 2.45) is 0 Å². The third-order valence-electron chi connectivity index (χ3n) is 3.91. The van der Waals surface area contributed by atoms with Gasteiger partial charge in [-0.1, -0.05) is 0 Å². The summed E-state index contributed by atoms with van der Waals surface area (Å²) in [6.45, 7) is 1.92. The Morgan fingerprint density at radius 3 is 2.83 bits per heavy atom. The summed E-state index contributed by atoms with van der Waals surface area (Å²) in [4.78, 5) is 11.8. The molecule has 2 aromatic heterocycles. The molecule has 7 heteroatoms. The molecule has 1 aliphatic rings. The van der Waals surface area contributed by atoms with E-state index in [1.54, 1.807) is 12.1 Å². The number of thioether (sulfide) groups is 1. The van der Waals surface area contributed by atoms with E-state index >= 15 is 0 Å². The maximum absolute atomic E-state index is 13.1. The summed E-state index contributed by atoms with van der Waals surface area (Å²) in [5.74, 6) is 1.91. The summed E-state index contributed by atoms with van der Waals surface area (Å²) in [5.41, 5.74) is 2.62. The van der Waals surface area contributed by atoms with Crippen LogP contribution in [0.1, 0.15) is 22.3 Å². The van der Waals surface area contributed by atoms with E-state index in [4.69, 9.17) is 4.42 Å². The highest BCUT2D eigenvalue weighted by molar-refractivity contribution is 8.00. The van der Waals surface area contributed by atoms with Crippen LogP contribution in [0, 0.1) is 12.7 Å². The number of aromatic nitrogens is 2. The molecule has 0 bridgehead atoms. The number of furan rings is 1. The Bertz CT molecular complexity index is 901. The van der Waals surface area contributed by atoms with Crippen LogP contribution in [0.3, 0.4) is 0 Å². The lowest BCUT2D eigenvalue weighted by atomic mass is 10.1. The summed E-state index contributed by atoms with van der Waals surface area (Å²) >= 11 is 1.49. The van der Waals surface area contributed by atoms with E-state index in [2.05, 4.69) is 15.5 Å². The van der Waals surface area contributed by atoms with Gasteiger partial charge in [-0.05, 0) is 43.3 Å². The number of benzene rings is 1. The number of H-pyrrole nitrogens is 1. The maximum Gasteiger partial charge on any atom is 0.235 e. The van der Waals surface area contributed by atoms with Crippen molar-refractivity contribution >= 4 is 23.5 Å². The lowest BCUT2D eigenvalue weighted by Gasteiger charge is -2.11. The van der Waals surface area contributed by atoms with Crippen molar-refractivity contribution in [2.75, 3.05) is 11.1 Å². The highest BCUT2D eigenvalue weighted by Gasteiger charge is 2.30. The lowest BCUT2D eigenvalue weighted by Crippen LogP contribution is -2.12. The van der Waals surface area contributed by atoms with Gasteiger partial charge in [-0.2, -0.15) is 5.10 Å². The van der Waals surface area contributed by atoms with Crippen molar-refractivity contribution < 1.29 is 13.6 Å². The van der Waals surface area contributed by atoms with Crippen LogP contribution < -0.4 is 5.32 Å². The molecule has 0 saturated carbocycles. The van der Waals surface area contributed by atoms with Gasteiger partial charge < -0.3 is 9.73 Å². The molecule has 122 valence electrons. The van der Waals surface area contributed by atoms with Crippen molar-refractivity contribution in [1.29, 1.82) is 0 Å². The largest absolute Gasteiger partial charge is 0.460 e. The molecule has 5 nitrogen and oxygen atoms in total. The number of hydrogen-bond donors (Lipinski definition) is 2. The Hall–Kier alpha value is -2.54. The van der Waals surface area contributed by atoms with Gasteiger partial charge in [0.25, 0.3) is 0 Å². The Labute approximate surface area is 141 Å². The predicted molar refractivity (Wildman–Crippen MR) is 90.4 cm³/mol. The van der Waals surface area contributed by atoms with Gasteiger partial charge >= 0.3 is 0 Å². The quantitative estimate of drug-likeness (QED) is 0.740. The molecule has 0 radical (unpaired) electrons. The van der Waals surface area contributed by atoms with Gasteiger partial charge in [0.05, 0.1) is 11.0 Å². The molecule has 1 atom stereocenters. The molecule has 0 aliphatic carbocycles. The lowest BCUT2D eigenvalue weighted by molar-refractivity contribution is -0.113. The van der Waals surface area contributed by atoms with Crippen LogP contribution in [0.5, 0.6) is 0 Å². The van der Waals surface area contributed by atoms with Crippen molar-refractivity contribution in [1.82, 2.24) is 10.2 Å². The molecular weight excluding hydrogens is 329 g/mol. The zero-order chi connectivity index (χ0) is 16.7. The number of carbonyl (C=O) groups is 1. The fourth-order valence-corrected chi connectivity index (χ4v) is 3.89. The molecule has 3 aromatic rings. The monoisotopic (exact) mass is 343 g/mol. The van der Waals surface area contributed by atoms with E-state index in [0.29, 0.717) is 17.3 Å². The third-order valence-corrected chi connectivity index (χ3v) is 5.14. The van der Waals surface area contributed by atoms with Gasteiger partial charge in [0.1, 0.15) is 17.3 Å². The molecule has 3 heterocycles. The minimum atomic E-state index is -0.284. The number of amides is 1. The molecule has 0 spiro atoms. The Kier molecular flexibility index (Phi) is 3.65. The van der Waals surface area contributed by atoms with Crippen LogP contribution in [0.15, 0.2) is 40.8 Å². The van der Waals surface area contributed by atoms with Crippen LogP contribution in [0.25, 0.3) is 11.3 Å². The molecule has 1 amide bonds. The van der Waals surface area contributed by atoms with Crippen LogP contribution >= 0.6 is 11.8 Å². The van der Waals surface area contributed by atoms with Crippen molar-refractivity contribution in [3.63, 3.8) is 0 Å². The number of fused-ring (bicyclic) bond motifs is 1. The Morgan fingerprint density at radius 1 is 1.25 bits per heavy atom. The predicted octanol–water partition coefficient (Wildman–Crippen LogP) is 3.89. The number of hydrogen-bond acceptors (Lipinski definition) is 4. The first-order valence-corrected chi connectivity index (χ1v) is 8.48. The van der Waals surface area contributed by atoms with Crippen molar-refractivity contribution in [3.05, 3.63) is 59.2 Å². The number of nitrogens with zero attached hydrogens (tertiary/aromatic N) is 1. The first-order chi connectivity index (χ1) is 11.6. The highest BCUT2D eigenvalue weighted by atomic mass is 32.2. The summed E-state index contributed by atoms with van der Waals surface area (Å²) in [7, 11) is 0. The number of carbonyl (C=O) groups excluding carboxylic acids is 1. The molecule has 2 N–H and O–H groups in total. The highest BCUT2D eigenvalue weighted by Crippen LogP contribution is 2.43. The van der Waals surface area contributed by atoms with Gasteiger partial charge in [0, 0.05) is 16.8 Å². The van der Waals surface area contributed by atoms with Crippen LogP contribution in [0.2, 0.25) is 0 Å². The van der Waals surface area contributed by atoms with Crippen LogP contribution in [0.4, 0.5) is 10.2 Å². The van der Waals surface area contributed by atoms with Crippen LogP contribution in [-0.2, 0) is 4.79 Å². The summed E-state index contributed by atoms with van der Waals surface area (Å²) in [6.07, 6.45) is 0. The fourth-order valence-electron chi connectivity index (χ4n) is 2.75. The maximum atomic E-state index is 13.1. The molecule has 0 unspecified atom stereocenters. The zero-order valence-electron chi connectivity index (χ0n) is 12.8. The first-order valence-electron chi connectivity index (χ1n) is 7.44. The molecule has 1 aliphatic heterocycles. The minimum Gasteiger partial charge on any atom is -0.460 e. The third kappa shape index (κ3) is 2.60. The second kappa shape index (κ2) is 5.83. The summed E-state index contributed by atoms with van der Waals surface area (Å²) in [6, 6.07) is 9.91. The molecule has 0 fully saturated rings. The van der Waals surface area contributed by atoms with E-state index in [9.17, 15) is 9.18 Å². The first kappa shape index (κ1) is 15.0. The Balaban J connectivity index is 1.73. The van der Waals surface area contributed by atoms with Gasteiger partial charge in [0.15, 0.2) is 5.82 Å². The van der Waals surface area contributed by atoms with Crippen LogP contribution in [-0.4, -0.2) is 21.9 Å². The second-order valence-electron chi connectivity index (χ2n) is 5.56. The number of nitrogens with one attached hydrogen (secondary N) is 2. The van der Waals surface area contributed by atoms with Gasteiger partial charge in [0.2, 0.25) is 5.91 Å². The van der Waals surface area contributed by atoms with E-state index in [0.717, 1.165) is 22.6 Å². The molecule has 24 heavy (non-hydrogen) atoms. The molecule has 0 saturated heterocycles. The standard InChI is InChI=1S/C17H14FN3O2S/c1-9-15-16(24-8-14(22)19-17(15)21-20-9)13-7-6-12(23-13)10-2-4-11(18)5-3-10/h2-7,16H,8H2,1H3,(H2,19,20,21,22)/t16-/m1/s1. The van der Waals surface area contributed by atoms with Gasteiger partial charge in [-0.3, -0.25) is 9.89 Å². The topological polar surface area (TPSA) is 70.9 Å². The molecule has 1 aromatic carbocycles. The van der Waals surface area contributed by atoms with Gasteiger partial charge in [-0.15, -0.1) is 11.8 Å². The molecule has 4 rings (SSSR count). The minimum absolute atomic E-state index is 0.0828. The van der Waals surface area contributed by atoms with Crippen molar-refractivity contribution in [2.45, 2.75) is 12.2 Å². The number of aryl methyl sites for hydroxylation is 1.